The van der Waals surface area contributed by atoms with E-state index in [2.05, 4.69) is 9.97 Å². The van der Waals surface area contributed by atoms with E-state index in [4.69, 9.17) is 11.6 Å². The Morgan fingerprint density at radius 3 is 3.00 bits per heavy atom. The van der Waals surface area contributed by atoms with Crippen LogP contribution in [0.25, 0.3) is 11.3 Å². The maximum absolute atomic E-state index is 11.6. The van der Waals surface area contributed by atoms with Crippen molar-refractivity contribution in [1.82, 2.24) is 9.97 Å². The lowest BCUT2D eigenvalue weighted by atomic mass is 10.1. The van der Waals surface area contributed by atoms with E-state index >= 15 is 0 Å². The number of halogens is 1. The topological polar surface area (TPSA) is 45.8 Å². The summed E-state index contributed by atoms with van der Waals surface area (Å²) in [7, 11) is 0. The quantitative estimate of drug-likeness (QED) is 0.802. The molecular weight excluding hydrogens is 212 g/mol. The Bertz CT molecular complexity index is 548. The van der Waals surface area contributed by atoms with E-state index in [1.54, 1.807) is 12.3 Å². The van der Waals surface area contributed by atoms with Crippen molar-refractivity contribution in [3.63, 3.8) is 0 Å². The van der Waals surface area contributed by atoms with Crippen LogP contribution >= 0.6 is 11.6 Å². The summed E-state index contributed by atoms with van der Waals surface area (Å²) < 4.78 is 0. The Labute approximate surface area is 91.8 Å². The first-order chi connectivity index (χ1) is 7.18. The molecule has 3 nitrogen and oxygen atoms in total. The van der Waals surface area contributed by atoms with Gasteiger partial charge in [-0.15, -0.1) is 0 Å². The van der Waals surface area contributed by atoms with Crippen molar-refractivity contribution < 1.29 is 0 Å². The SMILES string of the molecule is Cc1cccnc1-c1cc(Cl)c[nH]c1=O. The molecule has 0 saturated carbocycles. The van der Waals surface area contributed by atoms with Gasteiger partial charge in [0.05, 0.1) is 16.3 Å². The van der Waals surface area contributed by atoms with Crippen molar-refractivity contribution in [2.75, 3.05) is 0 Å². The summed E-state index contributed by atoms with van der Waals surface area (Å²) in [6.45, 7) is 1.91. The smallest absolute Gasteiger partial charge is 0.257 e. The third-order valence-corrected chi connectivity index (χ3v) is 2.35. The minimum atomic E-state index is -0.179. The van der Waals surface area contributed by atoms with Gasteiger partial charge in [0.25, 0.3) is 5.56 Å². The van der Waals surface area contributed by atoms with Crippen LogP contribution in [0.15, 0.2) is 35.4 Å². The maximum atomic E-state index is 11.6. The van der Waals surface area contributed by atoms with Crippen LogP contribution in [0.1, 0.15) is 5.56 Å². The maximum Gasteiger partial charge on any atom is 0.257 e. The van der Waals surface area contributed by atoms with Gasteiger partial charge >= 0.3 is 0 Å². The Morgan fingerprint density at radius 1 is 1.47 bits per heavy atom. The number of pyridine rings is 2. The molecule has 0 unspecified atom stereocenters. The zero-order valence-electron chi connectivity index (χ0n) is 8.12. The number of aromatic amines is 1. The third kappa shape index (κ3) is 1.92. The first-order valence-electron chi connectivity index (χ1n) is 4.48. The van der Waals surface area contributed by atoms with E-state index in [-0.39, 0.29) is 5.56 Å². The predicted molar refractivity (Wildman–Crippen MR) is 60.0 cm³/mol. The molecule has 1 N–H and O–H groups in total. The molecule has 0 aliphatic carbocycles. The Balaban J connectivity index is 2.69. The second-order valence-corrected chi connectivity index (χ2v) is 3.67. The molecule has 2 heterocycles. The number of nitrogens with one attached hydrogen (secondary N) is 1. The number of nitrogens with zero attached hydrogens (tertiary/aromatic N) is 1. The van der Waals surface area contributed by atoms with Gasteiger partial charge in [0.2, 0.25) is 0 Å². The van der Waals surface area contributed by atoms with Crippen molar-refractivity contribution in [1.29, 1.82) is 0 Å². The number of aryl methyl sites for hydroxylation is 1. The van der Waals surface area contributed by atoms with Crippen molar-refractivity contribution in [2.45, 2.75) is 6.92 Å². The molecule has 0 amide bonds. The highest BCUT2D eigenvalue weighted by atomic mass is 35.5. The van der Waals surface area contributed by atoms with Crippen LogP contribution in [0.2, 0.25) is 5.02 Å². The first-order valence-corrected chi connectivity index (χ1v) is 4.86. The van der Waals surface area contributed by atoms with E-state index in [1.807, 2.05) is 19.1 Å². The molecule has 2 aromatic heterocycles. The van der Waals surface area contributed by atoms with Crippen molar-refractivity contribution in [2.24, 2.45) is 0 Å². The van der Waals surface area contributed by atoms with Crippen LogP contribution in [-0.4, -0.2) is 9.97 Å². The molecule has 76 valence electrons. The van der Waals surface area contributed by atoms with Crippen LogP contribution in [0.4, 0.5) is 0 Å². The highest BCUT2D eigenvalue weighted by molar-refractivity contribution is 6.30. The van der Waals surface area contributed by atoms with Crippen molar-refractivity contribution in [3.05, 3.63) is 51.5 Å². The fourth-order valence-electron chi connectivity index (χ4n) is 1.40. The normalized spacial score (nSPS) is 10.3. The van der Waals surface area contributed by atoms with Gasteiger partial charge in [-0.25, -0.2) is 0 Å². The summed E-state index contributed by atoms with van der Waals surface area (Å²) in [5, 5.41) is 0.495. The van der Waals surface area contributed by atoms with Gasteiger partial charge in [-0.3, -0.25) is 9.78 Å². The number of hydrogen-bond donors (Lipinski definition) is 1. The lowest BCUT2D eigenvalue weighted by Crippen LogP contribution is -2.09. The van der Waals surface area contributed by atoms with Gasteiger partial charge in [-0.2, -0.15) is 0 Å². The Kier molecular flexibility index (Phi) is 2.56. The summed E-state index contributed by atoms with van der Waals surface area (Å²) in [6, 6.07) is 5.36. The molecule has 0 aliphatic rings. The molecule has 15 heavy (non-hydrogen) atoms. The largest absolute Gasteiger partial charge is 0.327 e. The third-order valence-electron chi connectivity index (χ3n) is 2.13. The van der Waals surface area contributed by atoms with E-state index < -0.39 is 0 Å². The van der Waals surface area contributed by atoms with Crippen LogP contribution in [0, 0.1) is 6.92 Å². The summed E-state index contributed by atoms with van der Waals surface area (Å²) >= 11 is 5.82. The molecule has 0 saturated heterocycles. The first kappa shape index (κ1) is 9.93. The van der Waals surface area contributed by atoms with Gasteiger partial charge < -0.3 is 4.98 Å². The number of rotatable bonds is 1. The van der Waals surface area contributed by atoms with Gasteiger partial charge in [0.1, 0.15) is 0 Å². The summed E-state index contributed by atoms with van der Waals surface area (Å²) in [5.74, 6) is 0. The second kappa shape index (κ2) is 3.87. The van der Waals surface area contributed by atoms with Crippen LogP contribution in [-0.2, 0) is 0 Å². The molecule has 2 aromatic rings. The van der Waals surface area contributed by atoms with Gasteiger partial charge in [0.15, 0.2) is 0 Å². The average molecular weight is 221 g/mol. The molecular formula is C11H9ClN2O. The number of H-pyrrole nitrogens is 1. The molecule has 4 heteroatoms. The Hall–Kier alpha value is -1.61. The van der Waals surface area contributed by atoms with E-state index in [0.29, 0.717) is 16.3 Å². The number of hydrogen-bond acceptors (Lipinski definition) is 2. The molecule has 0 spiro atoms. The highest BCUT2D eigenvalue weighted by Crippen LogP contribution is 2.18. The minimum Gasteiger partial charge on any atom is -0.327 e. The molecule has 0 aromatic carbocycles. The Morgan fingerprint density at radius 2 is 2.27 bits per heavy atom. The van der Waals surface area contributed by atoms with E-state index in [0.717, 1.165) is 5.56 Å². The molecule has 0 fully saturated rings. The van der Waals surface area contributed by atoms with Crippen molar-refractivity contribution >= 4 is 11.6 Å². The second-order valence-electron chi connectivity index (χ2n) is 3.23. The van der Waals surface area contributed by atoms with E-state index in [9.17, 15) is 4.79 Å². The minimum absolute atomic E-state index is 0.179. The summed E-state index contributed by atoms with van der Waals surface area (Å²) in [5.41, 5.74) is 1.94. The van der Waals surface area contributed by atoms with E-state index in [1.165, 1.54) is 6.20 Å². The molecule has 0 bridgehead atoms. The highest BCUT2D eigenvalue weighted by Gasteiger charge is 2.07. The zero-order chi connectivity index (χ0) is 10.8. The monoisotopic (exact) mass is 220 g/mol. The summed E-state index contributed by atoms with van der Waals surface area (Å²) in [6.07, 6.45) is 3.12. The van der Waals surface area contributed by atoms with Gasteiger partial charge in [-0.05, 0) is 24.6 Å². The van der Waals surface area contributed by atoms with Crippen molar-refractivity contribution in [3.8, 4) is 11.3 Å². The van der Waals surface area contributed by atoms with Crippen LogP contribution < -0.4 is 5.56 Å². The number of aromatic nitrogens is 2. The van der Waals surface area contributed by atoms with Gasteiger partial charge in [-0.1, -0.05) is 17.7 Å². The fourth-order valence-corrected chi connectivity index (χ4v) is 1.56. The van der Waals surface area contributed by atoms with Crippen LogP contribution in [0.5, 0.6) is 0 Å². The van der Waals surface area contributed by atoms with Gasteiger partial charge in [0, 0.05) is 12.4 Å². The fraction of sp³-hybridized carbons (Fsp3) is 0.0909. The predicted octanol–water partition coefficient (Wildman–Crippen LogP) is 2.40. The lowest BCUT2D eigenvalue weighted by Gasteiger charge is -2.03. The zero-order valence-corrected chi connectivity index (χ0v) is 8.88. The lowest BCUT2D eigenvalue weighted by molar-refractivity contribution is 1.20. The molecule has 0 atom stereocenters. The standard InChI is InChI=1S/C11H9ClN2O/c1-7-3-2-4-13-10(7)9-5-8(12)6-14-11(9)15/h2-6H,1H3,(H,14,15). The summed E-state index contributed by atoms with van der Waals surface area (Å²) in [4.78, 5) is 18.3. The average Bonchev–Trinajstić information content (AvgIpc) is 2.23. The van der Waals surface area contributed by atoms with Crippen LogP contribution in [0.3, 0.4) is 0 Å². The molecule has 0 aliphatic heterocycles. The molecule has 2 rings (SSSR count). The molecule has 0 radical (unpaired) electrons.